The highest BCUT2D eigenvalue weighted by Crippen LogP contribution is 2.35. The normalized spacial score (nSPS) is 10.1. The first-order chi connectivity index (χ1) is 9.88. The molecule has 0 radical (unpaired) electrons. The number of nitrogens with two attached hydrogens (primary N) is 2. The van der Waals surface area contributed by atoms with Gasteiger partial charge >= 0.3 is 5.69 Å². The topological polar surface area (TPSA) is 148 Å². The van der Waals surface area contributed by atoms with Gasteiger partial charge in [-0.2, -0.15) is 0 Å². The van der Waals surface area contributed by atoms with Gasteiger partial charge in [0.15, 0.2) is 0 Å². The van der Waals surface area contributed by atoms with Gasteiger partial charge in [-0.25, -0.2) is 0 Å². The van der Waals surface area contributed by atoms with Crippen LogP contribution in [0, 0.1) is 20.2 Å². The molecule has 0 spiro atoms. The molecule has 9 heteroatoms. The zero-order valence-corrected chi connectivity index (χ0v) is 10.6. The van der Waals surface area contributed by atoms with E-state index in [4.69, 9.17) is 16.2 Å². The highest BCUT2D eigenvalue weighted by molar-refractivity contribution is 5.62. The van der Waals surface area contributed by atoms with Gasteiger partial charge in [-0.1, -0.05) is 0 Å². The molecule has 0 saturated carbocycles. The maximum Gasteiger partial charge on any atom is 0.313 e. The number of nitro benzene ring substituents is 2. The van der Waals surface area contributed by atoms with Crippen LogP contribution in [-0.2, 0) is 0 Å². The van der Waals surface area contributed by atoms with Gasteiger partial charge in [0.25, 0.3) is 5.69 Å². The van der Waals surface area contributed by atoms with Crippen LogP contribution >= 0.6 is 0 Å². The molecule has 0 unspecified atom stereocenters. The van der Waals surface area contributed by atoms with Crippen molar-refractivity contribution in [3.8, 4) is 11.5 Å². The van der Waals surface area contributed by atoms with Crippen molar-refractivity contribution in [2.24, 2.45) is 0 Å². The third kappa shape index (κ3) is 2.97. The molecule has 0 aliphatic heterocycles. The van der Waals surface area contributed by atoms with Crippen molar-refractivity contribution < 1.29 is 14.6 Å². The van der Waals surface area contributed by atoms with Crippen LogP contribution in [0.15, 0.2) is 36.4 Å². The van der Waals surface area contributed by atoms with Crippen molar-refractivity contribution in [1.82, 2.24) is 0 Å². The summed E-state index contributed by atoms with van der Waals surface area (Å²) >= 11 is 0. The van der Waals surface area contributed by atoms with E-state index >= 15 is 0 Å². The minimum absolute atomic E-state index is 0.0286. The number of nitrogens with zero attached hydrogens (tertiary/aromatic N) is 2. The van der Waals surface area contributed by atoms with Crippen molar-refractivity contribution in [2.45, 2.75) is 0 Å². The van der Waals surface area contributed by atoms with Crippen LogP contribution < -0.4 is 16.2 Å². The number of ether oxygens (including phenoxy) is 1. The van der Waals surface area contributed by atoms with Crippen molar-refractivity contribution in [3.63, 3.8) is 0 Å². The highest BCUT2D eigenvalue weighted by Gasteiger charge is 2.18. The van der Waals surface area contributed by atoms with Gasteiger partial charge in [-0.15, -0.1) is 0 Å². The van der Waals surface area contributed by atoms with E-state index in [9.17, 15) is 20.2 Å². The number of nitrogen functional groups attached to an aromatic ring is 2. The fourth-order valence-electron chi connectivity index (χ4n) is 1.64. The molecule has 0 amide bonds. The summed E-state index contributed by atoms with van der Waals surface area (Å²) in [5, 5.41) is 21.7. The van der Waals surface area contributed by atoms with E-state index in [1.165, 1.54) is 24.3 Å². The first-order valence-corrected chi connectivity index (χ1v) is 5.64. The average molecular weight is 290 g/mol. The Balaban J connectivity index is 2.41. The van der Waals surface area contributed by atoms with Crippen LogP contribution in [0.25, 0.3) is 0 Å². The Kier molecular flexibility index (Phi) is 3.57. The lowest BCUT2D eigenvalue weighted by Crippen LogP contribution is -1.98. The van der Waals surface area contributed by atoms with E-state index in [2.05, 4.69) is 0 Å². The van der Waals surface area contributed by atoms with Gasteiger partial charge in [-0.3, -0.25) is 20.2 Å². The number of benzene rings is 2. The van der Waals surface area contributed by atoms with Gasteiger partial charge in [0.2, 0.25) is 5.75 Å². The van der Waals surface area contributed by atoms with E-state index in [1.807, 2.05) is 0 Å². The van der Waals surface area contributed by atoms with Gasteiger partial charge < -0.3 is 16.2 Å². The summed E-state index contributed by atoms with van der Waals surface area (Å²) in [7, 11) is 0. The number of anilines is 2. The summed E-state index contributed by atoms with van der Waals surface area (Å²) in [4.78, 5) is 20.4. The summed E-state index contributed by atoms with van der Waals surface area (Å²) in [6.07, 6.45) is 0. The van der Waals surface area contributed by atoms with E-state index in [1.54, 1.807) is 0 Å². The second kappa shape index (κ2) is 5.33. The van der Waals surface area contributed by atoms with Crippen molar-refractivity contribution >= 4 is 22.7 Å². The fourth-order valence-corrected chi connectivity index (χ4v) is 1.64. The van der Waals surface area contributed by atoms with Gasteiger partial charge in [0, 0.05) is 11.8 Å². The molecule has 0 saturated heterocycles. The number of hydrogen-bond donors (Lipinski definition) is 2. The van der Waals surface area contributed by atoms with Gasteiger partial charge in [0.1, 0.15) is 11.4 Å². The molecule has 0 bridgehead atoms. The number of hydrogen-bond acceptors (Lipinski definition) is 7. The van der Waals surface area contributed by atoms with Crippen LogP contribution in [0.4, 0.5) is 22.7 Å². The molecular weight excluding hydrogens is 280 g/mol. The van der Waals surface area contributed by atoms with Gasteiger partial charge in [-0.05, 0) is 24.3 Å². The smallest absolute Gasteiger partial charge is 0.313 e. The molecule has 21 heavy (non-hydrogen) atoms. The second-order valence-corrected chi connectivity index (χ2v) is 4.06. The standard InChI is InChI=1S/C12H10N4O5/c13-7-1-4-12(11(5-7)16(19)20)21-8-2-3-9(14)10(6-8)15(17)18/h1-6H,13-14H2. The van der Waals surface area contributed by atoms with E-state index in [-0.39, 0.29) is 34.2 Å². The molecule has 0 aliphatic rings. The Morgan fingerprint density at radius 3 is 2.19 bits per heavy atom. The zero-order chi connectivity index (χ0) is 15.6. The highest BCUT2D eigenvalue weighted by atomic mass is 16.6. The zero-order valence-electron chi connectivity index (χ0n) is 10.6. The van der Waals surface area contributed by atoms with E-state index in [0.29, 0.717) is 0 Å². The second-order valence-electron chi connectivity index (χ2n) is 4.06. The lowest BCUT2D eigenvalue weighted by molar-refractivity contribution is -0.385. The summed E-state index contributed by atoms with van der Waals surface area (Å²) in [5.74, 6) is -0.0166. The summed E-state index contributed by atoms with van der Waals surface area (Å²) in [6.45, 7) is 0. The molecule has 2 aromatic rings. The molecule has 0 aliphatic carbocycles. The largest absolute Gasteiger partial charge is 0.450 e. The minimum Gasteiger partial charge on any atom is -0.450 e. The maximum atomic E-state index is 10.9. The Bertz CT molecular complexity index is 732. The summed E-state index contributed by atoms with van der Waals surface area (Å²) < 4.78 is 5.31. The molecule has 0 heterocycles. The Morgan fingerprint density at radius 1 is 0.905 bits per heavy atom. The van der Waals surface area contributed by atoms with Crippen LogP contribution in [-0.4, -0.2) is 9.85 Å². The lowest BCUT2D eigenvalue weighted by atomic mass is 10.2. The van der Waals surface area contributed by atoms with Gasteiger partial charge in [0.05, 0.1) is 15.9 Å². The van der Waals surface area contributed by atoms with Crippen molar-refractivity contribution in [2.75, 3.05) is 11.5 Å². The third-order valence-electron chi connectivity index (χ3n) is 2.61. The summed E-state index contributed by atoms with van der Waals surface area (Å²) in [5.41, 5.74) is 10.4. The molecule has 2 rings (SSSR count). The molecule has 108 valence electrons. The molecule has 9 nitrogen and oxygen atoms in total. The molecule has 0 fully saturated rings. The SMILES string of the molecule is Nc1ccc(Oc2ccc(N)c([N+](=O)[O-])c2)c([N+](=O)[O-])c1. The minimum atomic E-state index is -0.667. The Labute approximate surface area is 118 Å². The molecule has 0 aromatic heterocycles. The van der Waals surface area contributed by atoms with Crippen LogP contribution in [0.1, 0.15) is 0 Å². The van der Waals surface area contributed by atoms with Crippen LogP contribution in [0.2, 0.25) is 0 Å². The molecule has 4 N–H and O–H groups in total. The third-order valence-corrected chi connectivity index (χ3v) is 2.61. The van der Waals surface area contributed by atoms with E-state index < -0.39 is 9.85 Å². The van der Waals surface area contributed by atoms with Crippen molar-refractivity contribution in [1.29, 1.82) is 0 Å². The molecule has 0 atom stereocenters. The maximum absolute atomic E-state index is 10.9. The average Bonchev–Trinajstić information content (AvgIpc) is 2.42. The van der Waals surface area contributed by atoms with Crippen molar-refractivity contribution in [3.05, 3.63) is 56.6 Å². The lowest BCUT2D eigenvalue weighted by Gasteiger charge is -2.07. The molecular formula is C12H10N4O5. The van der Waals surface area contributed by atoms with E-state index in [0.717, 1.165) is 12.1 Å². The molecule has 2 aromatic carbocycles. The fraction of sp³-hybridized carbons (Fsp3) is 0. The number of nitro groups is 2. The Morgan fingerprint density at radius 2 is 1.57 bits per heavy atom. The van der Waals surface area contributed by atoms with Crippen LogP contribution in [0.3, 0.4) is 0 Å². The first kappa shape index (κ1) is 14.1. The predicted molar refractivity (Wildman–Crippen MR) is 75.1 cm³/mol. The summed E-state index contributed by atoms with van der Waals surface area (Å²) in [6, 6.07) is 7.64. The Hall–Kier alpha value is -3.36. The predicted octanol–water partition coefficient (Wildman–Crippen LogP) is 2.46. The number of rotatable bonds is 4. The monoisotopic (exact) mass is 290 g/mol. The van der Waals surface area contributed by atoms with Crippen LogP contribution in [0.5, 0.6) is 11.5 Å². The first-order valence-electron chi connectivity index (χ1n) is 5.64. The quantitative estimate of drug-likeness (QED) is 0.499.